The lowest BCUT2D eigenvalue weighted by atomic mass is 10.0. The third kappa shape index (κ3) is 2.71. The highest BCUT2D eigenvalue weighted by atomic mass is 32.2. The quantitative estimate of drug-likeness (QED) is 0.832. The van der Waals surface area contributed by atoms with Gasteiger partial charge < -0.3 is 10.4 Å². The van der Waals surface area contributed by atoms with Gasteiger partial charge in [-0.2, -0.15) is 4.98 Å². The molecular weight excluding hydrogens is 320 g/mol. The molecule has 0 saturated carbocycles. The Morgan fingerprint density at radius 2 is 2.00 bits per heavy atom. The lowest BCUT2D eigenvalue weighted by Crippen LogP contribution is -2.24. The number of fused-ring (bicyclic) bond motifs is 1. The minimum Gasteiger partial charge on any atom is -0.477 e. The summed E-state index contributed by atoms with van der Waals surface area (Å²) >= 11 is 3.08. The molecule has 0 radical (unpaired) electrons. The van der Waals surface area contributed by atoms with Gasteiger partial charge in [0.05, 0.1) is 0 Å². The van der Waals surface area contributed by atoms with Gasteiger partial charge in [0, 0.05) is 4.90 Å². The summed E-state index contributed by atoms with van der Waals surface area (Å²) in [5.74, 6) is -0.561. The Hall–Kier alpha value is -1.93. The van der Waals surface area contributed by atoms with E-state index >= 15 is 0 Å². The number of carboxylic acid groups (broad SMARTS) is 1. The number of carboxylic acids is 1. The van der Waals surface area contributed by atoms with Crippen molar-refractivity contribution in [2.45, 2.75) is 16.1 Å². The molecule has 114 valence electrons. The van der Waals surface area contributed by atoms with E-state index in [4.69, 9.17) is 0 Å². The van der Waals surface area contributed by atoms with Gasteiger partial charge >= 0.3 is 5.97 Å². The number of anilines is 1. The summed E-state index contributed by atoms with van der Waals surface area (Å²) < 4.78 is 1.71. The van der Waals surface area contributed by atoms with Crippen LogP contribution in [0, 0.1) is 0 Å². The van der Waals surface area contributed by atoms with Crippen LogP contribution in [0.3, 0.4) is 0 Å². The molecule has 2 heterocycles. The Bertz CT molecular complexity index is 740. The van der Waals surface area contributed by atoms with Crippen LogP contribution in [0.4, 0.5) is 5.95 Å². The number of thioether (sulfide) groups is 2. The maximum Gasteiger partial charge on any atom is 0.352 e. The van der Waals surface area contributed by atoms with Crippen LogP contribution >= 0.6 is 23.5 Å². The molecule has 0 unspecified atom stereocenters. The van der Waals surface area contributed by atoms with Crippen molar-refractivity contribution >= 4 is 35.4 Å². The van der Waals surface area contributed by atoms with Crippen molar-refractivity contribution < 1.29 is 9.90 Å². The molecule has 1 aromatic heterocycles. The number of aliphatic carboxylic acids is 1. The monoisotopic (exact) mass is 334 g/mol. The maximum absolute atomic E-state index is 11.3. The number of hydrogen-bond donors (Lipinski definition) is 2. The number of rotatable bonds is 4. The fourth-order valence-corrected chi connectivity index (χ4v) is 2.98. The average molecular weight is 334 g/mol. The molecule has 0 saturated heterocycles. The Balaban J connectivity index is 2.06. The van der Waals surface area contributed by atoms with Gasteiger partial charge in [0.2, 0.25) is 11.1 Å². The molecule has 0 amide bonds. The van der Waals surface area contributed by atoms with Crippen LogP contribution in [0.15, 0.2) is 46.1 Å². The number of benzene rings is 1. The summed E-state index contributed by atoms with van der Waals surface area (Å²) in [6.07, 6.45) is 5.56. The minimum atomic E-state index is -1.01. The topological polar surface area (TPSA) is 80.0 Å². The number of nitrogens with one attached hydrogen (secondary N) is 1. The van der Waals surface area contributed by atoms with Gasteiger partial charge in [-0.3, -0.25) is 0 Å². The first-order valence-corrected chi connectivity index (χ1v) is 8.94. The zero-order valence-electron chi connectivity index (χ0n) is 12.0. The largest absolute Gasteiger partial charge is 0.477 e. The van der Waals surface area contributed by atoms with E-state index in [1.807, 2.05) is 36.8 Å². The second-order valence-corrected chi connectivity index (χ2v) is 6.25. The number of nitrogens with zero attached hydrogens (tertiary/aromatic N) is 3. The molecule has 2 N–H and O–H groups in total. The van der Waals surface area contributed by atoms with Crippen molar-refractivity contribution in [3.05, 3.63) is 41.6 Å². The molecule has 6 nitrogen and oxygen atoms in total. The summed E-state index contributed by atoms with van der Waals surface area (Å²) in [4.78, 5) is 16.8. The second kappa shape index (κ2) is 6.05. The van der Waals surface area contributed by atoms with E-state index in [-0.39, 0.29) is 11.7 Å². The highest BCUT2D eigenvalue weighted by Gasteiger charge is 2.27. The van der Waals surface area contributed by atoms with E-state index in [1.165, 1.54) is 11.8 Å². The van der Waals surface area contributed by atoms with Crippen LogP contribution in [-0.2, 0) is 4.79 Å². The van der Waals surface area contributed by atoms with Crippen molar-refractivity contribution in [2.75, 3.05) is 17.8 Å². The molecule has 1 aliphatic heterocycles. The van der Waals surface area contributed by atoms with Gasteiger partial charge in [0.1, 0.15) is 11.7 Å². The van der Waals surface area contributed by atoms with Crippen LogP contribution < -0.4 is 5.32 Å². The third-order valence-corrected chi connectivity index (χ3v) is 4.60. The fraction of sp³-hybridized carbons (Fsp3) is 0.214. The highest BCUT2D eigenvalue weighted by Crippen LogP contribution is 2.31. The summed E-state index contributed by atoms with van der Waals surface area (Å²) in [6, 6.07) is 7.72. The highest BCUT2D eigenvalue weighted by molar-refractivity contribution is 7.98. The van der Waals surface area contributed by atoms with E-state index < -0.39 is 5.97 Å². The van der Waals surface area contributed by atoms with Crippen molar-refractivity contribution in [1.82, 2.24) is 14.8 Å². The molecule has 1 aromatic carbocycles. The molecule has 8 heteroatoms. The molecule has 1 aliphatic rings. The van der Waals surface area contributed by atoms with E-state index in [0.29, 0.717) is 11.1 Å². The van der Waals surface area contributed by atoms with Crippen molar-refractivity contribution in [3.63, 3.8) is 0 Å². The fourth-order valence-electron chi connectivity index (χ4n) is 2.22. The standard InChI is InChI=1S/C14H14N4O2S2/c1-21-9-5-3-8(4-6-9)11-7-10(12(19)20)15-13-16-14(22-2)17-18(11)13/h3-7,11H,1-2H3,(H,19,20)(H,15,16,17)/t11-/m0/s1. The summed E-state index contributed by atoms with van der Waals surface area (Å²) in [5, 5.41) is 17.1. The van der Waals surface area contributed by atoms with Gasteiger partial charge in [0.15, 0.2) is 0 Å². The number of hydrogen-bond acceptors (Lipinski definition) is 6. The summed E-state index contributed by atoms with van der Waals surface area (Å²) in [5.41, 5.74) is 1.09. The zero-order chi connectivity index (χ0) is 15.7. The van der Waals surface area contributed by atoms with E-state index in [9.17, 15) is 9.90 Å². The molecule has 22 heavy (non-hydrogen) atoms. The number of carbonyl (C=O) groups is 1. The first-order chi connectivity index (χ1) is 10.6. The molecule has 0 fully saturated rings. The van der Waals surface area contributed by atoms with Gasteiger partial charge in [-0.15, -0.1) is 16.9 Å². The normalized spacial score (nSPS) is 16.6. The van der Waals surface area contributed by atoms with Crippen molar-refractivity contribution in [1.29, 1.82) is 0 Å². The van der Waals surface area contributed by atoms with Gasteiger partial charge in [-0.1, -0.05) is 23.9 Å². The Morgan fingerprint density at radius 1 is 1.27 bits per heavy atom. The molecule has 0 aliphatic carbocycles. The van der Waals surface area contributed by atoms with Crippen molar-refractivity contribution in [2.24, 2.45) is 0 Å². The average Bonchev–Trinajstić information content (AvgIpc) is 2.97. The van der Waals surface area contributed by atoms with Gasteiger partial charge in [-0.05, 0) is 36.3 Å². The molecule has 0 spiro atoms. The molecule has 0 bridgehead atoms. The van der Waals surface area contributed by atoms with Crippen LogP contribution in [0.2, 0.25) is 0 Å². The first-order valence-electron chi connectivity index (χ1n) is 6.49. The number of allylic oxidation sites excluding steroid dienone is 1. The van der Waals surface area contributed by atoms with Crippen LogP contribution in [0.5, 0.6) is 0 Å². The van der Waals surface area contributed by atoms with Gasteiger partial charge in [-0.25, -0.2) is 9.48 Å². The second-order valence-electron chi connectivity index (χ2n) is 4.60. The Labute approximate surface area is 136 Å². The lowest BCUT2D eigenvalue weighted by Gasteiger charge is -2.22. The molecular formula is C14H14N4O2S2. The van der Waals surface area contributed by atoms with Crippen molar-refractivity contribution in [3.8, 4) is 0 Å². The summed E-state index contributed by atoms with van der Waals surface area (Å²) in [7, 11) is 0. The maximum atomic E-state index is 11.3. The lowest BCUT2D eigenvalue weighted by molar-refractivity contribution is -0.132. The Morgan fingerprint density at radius 3 is 2.59 bits per heavy atom. The number of aromatic nitrogens is 3. The molecule has 2 aromatic rings. The smallest absolute Gasteiger partial charge is 0.352 e. The SMILES string of the molecule is CSc1ccc([C@@H]2C=C(C(=O)O)Nc3nc(SC)nn32)cc1. The Kier molecular flexibility index (Phi) is 4.12. The predicted octanol–water partition coefficient (Wildman–Crippen LogP) is 2.71. The van der Waals surface area contributed by atoms with Crippen LogP contribution in [-0.4, -0.2) is 38.4 Å². The van der Waals surface area contributed by atoms with E-state index in [2.05, 4.69) is 15.4 Å². The zero-order valence-corrected chi connectivity index (χ0v) is 13.6. The van der Waals surface area contributed by atoms with E-state index in [0.717, 1.165) is 10.5 Å². The molecule has 3 rings (SSSR count). The minimum absolute atomic E-state index is 0.117. The predicted molar refractivity (Wildman–Crippen MR) is 87.5 cm³/mol. The van der Waals surface area contributed by atoms with Crippen LogP contribution in [0.1, 0.15) is 11.6 Å². The van der Waals surface area contributed by atoms with Gasteiger partial charge in [0.25, 0.3) is 0 Å². The first kappa shape index (κ1) is 15.0. The third-order valence-electron chi connectivity index (χ3n) is 3.32. The van der Waals surface area contributed by atoms with E-state index in [1.54, 1.807) is 22.5 Å². The summed E-state index contributed by atoms with van der Waals surface area (Å²) in [6.45, 7) is 0. The molecule has 1 atom stereocenters. The van der Waals surface area contributed by atoms with Crippen LogP contribution in [0.25, 0.3) is 0 Å².